The van der Waals surface area contributed by atoms with Gasteiger partial charge in [-0.25, -0.2) is 4.39 Å². The summed E-state index contributed by atoms with van der Waals surface area (Å²) in [6.07, 6.45) is 4.04. The Morgan fingerprint density at radius 3 is 2.73 bits per heavy atom. The molecule has 6 nitrogen and oxygen atoms in total. The van der Waals surface area contributed by atoms with Gasteiger partial charge in [0.05, 0.1) is 17.9 Å². The minimum atomic E-state index is -0.250. The molecule has 3 heterocycles. The molecule has 2 saturated heterocycles. The Hall–Kier alpha value is -2.25. The van der Waals surface area contributed by atoms with Gasteiger partial charge in [-0.1, -0.05) is 0 Å². The van der Waals surface area contributed by atoms with Gasteiger partial charge in [0.25, 0.3) is 0 Å². The Morgan fingerprint density at radius 2 is 1.96 bits per heavy atom. The zero-order chi connectivity index (χ0) is 17.9. The number of rotatable bonds is 4. The lowest BCUT2D eigenvalue weighted by Crippen LogP contribution is -2.57. The average Bonchev–Trinajstić information content (AvgIpc) is 3.34. The summed E-state index contributed by atoms with van der Waals surface area (Å²) in [6.45, 7) is 4.87. The van der Waals surface area contributed by atoms with E-state index in [1.165, 1.54) is 12.1 Å². The van der Waals surface area contributed by atoms with Gasteiger partial charge in [0.2, 0.25) is 5.91 Å². The smallest absolute Gasteiger partial charge is 0.241 e. The fourth-order valence-corrected chi connectivity index (χ4v) is 3.82. The number of carbonyl (C=O) groups is 1. The van der Waals surface area contributed by atoms with Gasteiger partial charge in [0.1, 0.15) is 5.82 Å². The molecule has 1 amide bonds. The number of hydrogen-bond acceptors (Lipinski definition) is 4. The molecule has 0 radical (unpaired) electrons. The predicted octanol–water partition coefficient (Wildman–Crippen LogP) is 1.61. The molecule has 2 aliphatic heterocycles. The normalized spacial score (nSPS) is 21.3. The molecule has 7 heteroatoms. The number of nitrogens with zero attached hydrogens (tertiary/aromatic N) is 3. The zero-order valence-electron chi connectivity index (χ0n) is 14.7. The van der Waals surface area contributed by atoms with E-state index < -0.39 is 0 Å². The van der Waals surface area contributed by atoms with E-state index >= 15 is 0 Å². The highest BCUT2D eigenvalue weighted by Gasteiger charge is 2.30. The van der Waals surface area contributed by atoms with Crippen LogP contribution >= 0.6 is 0 Å². The minimum Gasteiger partial charge on any atom is -0.341 e. The second-order valence-corrected chi connectivity index (χ2v) is 7.05. The van der Waals surface area contributed by atoms with Crippen LogP contribution in [-0.4, -0.2) is 64.7 Å². The average molecular weight is 357 g/mol. The molecule has 1 aromatic heterocycles. The topological polar surface area (TPSA) is 64.3 Å². The molecule has 1 aromatic carbocycles. The van der Waals surface area contributed by atoms with Gasteiger partial charge in [-0.05, 0) is 37.1 Å². The second kappa shape index (κ2) is 7.55. The fraction of sp³-hybridized carbons (Fsp3) is 0.474. The highest BCUT2D eigenvalue weighted by Crippen LogP contribution is 2.23. The van der Waals surface area contributed by atoms with Crippen LogP contribution in [0.25, 0.3) is 11.3 Å². The maximum atomic E-state index is 13.2. The SMILES string of the molecule is O=C([C@@H]1CN(Cc2cn[nH]c2-c2ccc(F)cc2)CCN1)N1CCCC1. The Labute approximate surface area is 152 Å². The Balaban J connectivity index is 1.43. The monoisotopic (exact) mass is 357 g/mol. The molecule has 0 bridgehead atoms. The molecule has 2 fully saturated rings. The standard InChI is InChI=1S/C19H24FN5O/c20-16-5-3-14(4-6-16)18-15(11-22-23-18)12-24-10-7-21-17(13-24)19(26)25-8-1-2-9-25/h3-6,11,17,21H,1-2,7-10,12-13H2,(H,22,23)/t17-/m0/s1. The number of carbonyl (C=O) groups excluding carboxylic acids is 1. The molecule has 0 saturated carbocycles. The molecule has 26 heavy (non-hydrogen) atoms. The number of hydrogen-bond donors (Lipinski definition) is 2. The summed E-state index contributed by atoms with van der Waals surface area (Å²) in [4.78, 5) is 16.9. The van der Waals surface area contributed by atoms with Crippen LogP contribution in [0.4, 0.5) is 4.39 Å². The first-order valence-electron chi connectivity index (χ1n) is 9.23. The molecular formula is C19H24FN5O. The molecule has 2 N–H and O–H groups in total. The molecule has 0 aliphatic carbocycles. The Morgan fingerprint density at radius 1 is 1.19 bits per heavy atom. The maximum Gasteiger partial charge on any atom is 0.241 e. The van der Waals surface area contributed by atoms with E-state index in [4.69, 9.17) is 0 Å². The molecule has 0 unspecified atom stereocenters. The van der Waals surface area contributed by atoms with Gasteiger partial charge in [0, 0.05) is 50.4 Å². The largest absolute Gasteiger partial charge is 0.341 e. The lowest BCUT2D eigenvalue weighted by Gasteiger charge is -2.34. The molecule has 1 atom stereocenters. The number of amides is 1. The first kappa shape index (κ1) is 17.2. The summed E-state index contributed by atoms with van der Waals surface area (Å²) >= 11 is 0. The summed E-state index contributed by atoms with van der Waals surface area (Å²) in [7, 11) is 0. The number of aromatic nitrogens is 2. The number of benzene rings is 1. The summed E-state index contributed by atoms with van der Waals surface area (Å²) in [5.74, 6) is -0.0293. The van der Waals surface area contributed by atoms with Crippen molar-refractivity contribution in [2.24, 2.45) is 0 Å². The van der Waals surface area contributed by atoms with Crippen LogP contribution in [0.2, 0.25) is 0 Å². The van der Waals surface area contributed by atoms with Crippen LogP contribution in [0.1, 0.15) is 18.4 Å². The van der Waals surface area contributed by atoms with Gasteiger partial charge in [-0.15, -0.1) is 0 Å². The number of nitrogens with one attached hydrogen (secondary N) is 2. The summed E-state index contributed by atoms with van der Waals surface area (Å²) in [5, 5.41) is 10.5. The second-order valence-electron chi connectivity index (χ2n) is 7.05. The van der Waals surface area contributed by atoms with Crippen molar-refractivity contribution >= 4 is 5.91 Å². The van der Waals surface area contributed by atoms with E-state index in [1.54, 1.807) is 12.1 Å². The summed E-state index contributed by atoms with van der Waals surface area (Å²) in [6, 6.07) is 6.28. The van der Waals surface area contributed by atoms with Crippen molar-refractivity contribution in [1.29, 1.82) is 0 Å². The van der Waals surface area contributed by atoms with E-state index in [9.17, 15) is 9.18 Å². The fourth-order valence-electron chi connectivity index (χ4n) is 3.82. The molecule has 4 rings (SSSR count). The molecule has 138 valence electrons. The first-order chi connectivity index (χ1) is 12.7. The van der Waals surface area contributed by atoms with Crippen LogP contribution in [0.5, 0.6) is 0 Å². The maximum absolute atomic E-state index is 13.2. The number of piperazine rings is 1. The molecule has 0 spiro atoms. The first-order valence-corrected chi connectivity index (χ1v) is 9.23. The van der Waals surface area contributed by atoms with Gasteiger partial charge in [0.15, 0.2) is 0 Å². The van der Waals surface area contributed by atoms with Crippen LogP contribution in [-0.2, 0) is 11.3 Å². The highest BCUT2D eigenvalue weighted by atomic mass is 19.1. The van der Waals surface area contributed by atoms with Crippen LogP contribution in [0.15, 0.2) is 30.5 Å². The number of likely N-dealkylation sites (tertiary alicyclic amines) is 1. The van der Waals surface area contributed by atoms with Gasteiger partial charge in [-0.2, -0.15) is 5.10 Å². The summed E-state index contributed by atoms with van der Waals surface area (Å²) < 4.78 is 13.2. The lowest BCUT2D eigenvalue weighted by atomic mass is 10.1. The van der Waals surface area contributed by atoms with Crippen molar-refractivity contribution < 1.29 is 9.18 Å². The van der Waals surface area contributed by atoms with Crippen LogP contribution in [0, 0.1) is 5.82 Å². The van der Waals surface area contributed by atoms with Crippen LogP contribution in [0.3, 0.4) is 0 Å². The molecule has 2 aliphatic rings. The van der Waals surface area contributed by atoms with E-state index in [0.29, 0.717) is 13.1 Å². The van der Waals surface area contributed by atoms with Crippen molar-refractivity contribution in [3.8, 4) is 11.3 Å². The zero-order valence-corrected chi connectivity index (χ0v) is 14.7. The molecule has 2 aromatic rings. The van der Waals surface area contributed by atoms with E-state index in [2.05, 4.69) is 20.4 Å². The summed E-state index contributed by atoms with van der Waals surface area (Å²) in [5.41, 5.74) is 2.88. The third-order valence-corrected chi connectivity index (χ3v) is 5.22. The molecular weight excluding hydrogens is 333 g/mol. The number of halogens is 1. The minimum absolute atomic E-state index is 0.136. The van der Waals surface area contributed by atoms with Crippen molar-refractivity contribution in [2.45, 2.75) is 25.4 Å². The van der Waals surface area contributed by atoms with E-state index in [-0.39, 0.29) is 17.8 Å². The quantitative estimate of drug-likeness (QED) is 0.873. The number of aromatic amines is 1. The third kappa shape index (κ3) is 3.64. The van der Waals surface area contributed by atoms with E-state index in [0.717, 1.165) is 55.8 Å². The highest BCUT2D eigenvalue weighted by molar-refractivity contribution is 5.82. The van der Waals surface area contributed by atoms with Gasteiger partial charge in [-0.3, -0.25) is 14.8 Å². The third-order valence-electron chi connectivity index (χ3n) is 5.22. The van der Waals surface area contributed by atoms with E-state index in [1.807, 2.05) is 11.1 Å². The Kier molecular flexibility index (Phi) is 4.99. The lowest BCUT2D eigenvalue weighted by molar-refractivity contribution is -0.133. The van der Waals surface area contributed by atoms with Crippen molar-refractivity contribution in [3.05, 3.63) is 41.8 Å². The van der Waals surface area contributed by atoms with Crippen LogP contribution < -0.4 is 5.32 Å². The van der Waals surface area contributed by atoms with Crippen molar-refractivity contribution in [3.63, 3.8) is 0 Å². The number of H-pyrrole nitrogens is 1. The van der Waals surface area contributed by atoms with Crippen molar-refractivity contribution in [1.82, 2.24) is 25.3 Å². The predicted molar refractivity (Wildman–Crippen MR) is 96.9 cm³/mol. The van der Waals surface area contributed by atoms with Gasteiger partial charge < -0.3 is 10.2 Å². The Bertz CT molecular complexity index is 754. The van der Waals surface area contributed by atoms with Gasteiger partial charge >= 0.3 is 0 Å². The van der Waals surface area contributed by atoms with Crippen molar-refractivity contribution in [2.75, 3.05) is 32.7 Å².